The van der Waals surface area contributed by atoms with E-state index in [1.54, 1.807) is 18.6 Å². The topological polar surface area (TPSA) is 83.9 Å². The fourth-order valence-electron chi connectivity index (χ4n) is 3.47. The molecule has 0 unspecified atom stereocenters. The van der Waals surface area contributed by atoms with Crippen molar-refractivity contribution in [3.05, 3.63) is 72.1 Å². The first kappa shape index (κ1) is 18.0. The molecule has 0 spiro atoms. The van der Waals surface area contributed by atoms with E-state index in [-0.39, 0.29) is 11.8 Å². The number of amides is 1. The van der Waals surface area contributed by atoms with Crippen molar-refractivity contribution in [1.29, 1.82) is 0 Å². The van der Waals surface area contributed by atoms with E-state index in [0.717, 1.165) is 36.5 Å². The number of rotatable bonds is 4. The minimum atomic E-state index is 0.0656. The lowest BCUT2D eigenvalue weighted by Gasteiger charge is -2.32. The third-order valence-electron chi connectivity index (χ3n) is 4.79. The zero-order valence-electron chi connectivity index (χ0n) is 15.7. The van der Waals surface area contributed by atoms with Crippen LogP contribution in [0.5, 0.6) is 0 Å². The molecule has 0 saturated carbocycles. The van der Waals surface area contributed by atoms with Gasteiger partial charge in [-0.1, -0.05) is 18.2 Å². The Kier molecular flexibility index (Phi) is 5.23. The van der Waals surface area contributed by atoms with Crippen molar-refractivity contribution in [2.75, 3.05) is 18.4 Å². The maximum Gasteiger partial charge on any atom is 0.253 e. The van der Waals surface area contributed by atoms with E-state index >= 15 is 0 Å². The van der Waals surface area contributed by atoms with Crippen LogP contribution >= 0.6 is 0 Å². The molecule has 3 aromatic rings. The molecular weight excluding hydrogens is 352 g/mol. The van der Waals surface area contributed by atoms with Gasteiger partial charge < -0.3 is 10.2 Å². The summed E-state index contributed by atoms with van der Waals surface area (Å²) in [5.41, 5.74) is 1.60. The molecule has 7 heteroatoms. The Morgan fingerprint density at radius 1 is 1.14 bits per heavy atom. The van der Waals surface area contributed by atoms with Gasteiger partial charge in [-0.2, -0.15) is 0 Å². The largest absolute Gasteiger partial charge is 0.338 e. The lowest BCUT2D eigenvalue weighted by atomic mass is 9.96. The van der Waals surface area contributed by atoms with E-state index in [1.165, 1.54) is 0 Å². The second-order valence-corrected chi connectivity index (χ2v) is 6.92. The van der Waals surface area contributed by atoms with Crippen LogP contribution in [0.15, 0.2) is 55.0 Å². The average Bonchev–Trinajstić information content (AvgIpc) is 2.74. The Balaban J connectivity index is 1.52. The number of piperidine rings is 1. The third-order valence-corrected chi connectivity index (χ3v) is 4.79. The van der Waals surface area contributed by atoms with E-state index in [4.69, 9.17) is 4.98 Å². The van der Waals surface area contributed by atoms with Crippen molar-refractivity contribution < 1.29 is 4.79 Å². The molecule has 28 heavy (non-hydrogen) atoms. The number of likely N-dealkylation sites (tertiary alicyclic amines) is 1. The molecule has 1 atom stereocenters. The van der Waals surface area contributed by atoms with Crippen LogP contribution in [0.25, 0.3) is 0 Å². The van der Waals surface area contributed by atoms with E-state index in [2.05, 4.69) is 20.3 Å². The summed E-state index contributed by atoms with van der Waals surface area (Å²) in [5, 5.41) is 3.18. The minimum absolute atomic E-state index is 0.0656. The second kappa shape index (κ2) is 8.12. The Hall–Kier alpha value is -3.35. The fraction of sp³-hybridized carbons (Fsp3) is 0.286. The molecule has 1 aliphatic heterocycles. The second-order valence-electron chi connectivity index (χ2n) is 6.92. The highest BCUT2D eigenvalue weighted by Crippen LogP contribution is 2.27. The molecule has 142 valence electrons. The number of anilines is 2. The number of benzene rings is 1. The van der Waals surface area contributed by atoms with Crippen LogP contribution in [-0.4, -0.2) is 43.8 Å². The summed E-state index contributed by atoms with van der Waals surface area (Å²) in [6, 6.07) is 11.3. The third kappa shape index (κ3) is 4.14. The number of hydrogen-bond donors (Lipinski definition) is 1. The van der Waals surface area contributed by atoms with Gasteiger partial charge >= 0.3 is 0 Å². The van der Waals surface area contributed by atoms with Gasteiger partial charge in [0.1, 0.15) is 17.5 Å². The molecule has 0 bridgehead atoms. The summed E-state index contributed by atoms with van der Waals surface area (Å²) in [4.78, 5) is 32.3. The van der Waals surface area contributed by atoms with Gasteiger partial charge in [-0.15, -0.1) is 0 Å². The van der Waals surface area contributed by atoms with E-state index < -0.39 is 0 Å². The average molecular weight is 374 g/mol. The van der Waals surface area contributed by atoms with Gasteiger partial charge in [-0.3, -0.25) is 9.78 Å². The molecule has 1 amide bonds. The highest BCUT2D eigenvalue weighted by atomic mass is 16.2. The number of nitrogens with zero attached hydrogens (tertiary/aromatic N) is 5. The highest BCUT2D eigenvalue weighted by molar-refractivity contribution is 5.94. The van der Waals surface area contributed by atoms with Crippen LogP contribution in [-0.2, 0) is 0 Å². The standard InChI is InChI=1S/C21H22N6O/c1-15-12-18(25-19-13-22-9-10-23-19)26-20(24-15)17-8-5-11-27(14-17)21(28)16-6-3-2-4-7-16/h2-4,6-7,9-10,12-13,17H,5,8,11,14H2,1H3,(H,23,24,25,26)/t17-/m1/s1. The summed E-state index contributed by atoms with van der Waals surface area (Å²) in [6.45, 7) is 3.34. The van der Waals surface area contributed by atoms with Gasteiger partial charge in [0.2, 0.25) is 0 Å². The van der Waals surface area contributed by atoms with Crippen molar-refractivity contribution >= 4 is 17.5 Å². The number of carbonyl (C=O) groups is 1. The van der Waals surface area contributed by atoms with Crippen molar-refractivity contribution in [2.24, 2.45) is 0 Å². The molecule has 1 aliphatic rings. The number of aromatic nitrogens is 4. The van der Waals surface area contributed by atoms with Crippen LogP contribution in [0, 0.1) is 6.92 Å². The monoisotopic (exact) mass is 374 g/mol. The predicted octanol–water partition coefficient (Wildman–Crippen LogP) is 3.34. The molecule has 4 rings (SSSR count). The molecule has 1 fully saturated rings. The molecule has 2 aromatic heterocycles. The summed E-state index contributed by atoms with van der Waals surface area (Å²) in [6.07, 6.45) is 6.81. The smallest absolute Gasteiger partial charge is 0.253 e. The van der Waals surface area contributed by atoms with Gasteiger partial charge in [-0.25, -0.2) is 15.0 Å². The molecule has 0 aliphatic carbocycles. The summed E-state index contributed by atoms with van der Waals surface area (Å²) >= 11 is 0. The van der Waals surface area contributed by atoms with E-state index in [0.29, 0.717) is 18.2 Å². The number of carbonyl (C=O) groups excluding carboxylic acids is 1. The molecule has 1 saturated heterocycles. The van der Waals surface area contributed by atoms with Crippen LogP contribution < -0.4 is 5.32 Å². The Bertz CT molecular complexity index is 948. The van der Waals surface area contributed by atoms with E-state index in [9.17, 15) is 4.79 Å². The van der Waals surface area contributed by atoms with Crippen molar-refractivity contribution in [2.45, 2.75) is 25.7 Å². The van der Waals surface area contributed by atoms with Gasteiger partial charge in [0.05, 0.1) is 6.20 Å². The van der Waals surface area contributed by atoms with Crippen molar-refractivity contribution in [1.82, 2.24) is 24.8 Å². The van der Waals surface area contributed by atoms with Crippen LogP contribution in [0.4, 0.5) is 11.6 Å². The van der Waals surface area contributed by atoms with Crippen LogP contribution in [0.3, 0.4) is 0 Å². The first-order chi connectivity index (χ1) is 13.7. The summed E-state index contributed by atoms with van der Waals surface area (Å²) < 4.78 is 0. The molecule has 1 aromatic carbocycles. The summed E-state index contributed by atoms with van der Waals surface area (Å²) in [7, 11) is 0. The summed E-state index contributed by atoms with van der Waals surface area (Å²) in [5.74, 6) is 2.27. The minimum Gasteiger partial charge on any atom is -0.338 e. The molecule has 3 heterocycles. The zero-order chi connectivity index (χ0) is 19.3. The zero-order valence-corrected chi connectivity index (χ0v) is 15.7. The van der Waals surface area contributed by atoms with Gasteiger partial charge in [0.25, 0.3) is 5.91 Å². The number of hydrogen-bond acceptors (Lipinski definition) is 6. The Labute approximate surface area is 163 Å². The normalized spacial score (nSPS) is 16.6. The Morgan fingerprint density at radius 3 is 2.79 bits per heavy atom. The maximum absolute atomic E-state index is 12.8. The lowest BCUT2D eigenvalue weighted by Crippen LogP contribution is -2.39. The van der Waals surface area contributed by atoms with Crippen LogP contribution in [0.1, 0.15) is 40.6 Å². The van der Waals surface area contributed by atoms with Gasteiger partial charge in [0, 0.05) is 48.7 Å². The quantitative estimate of drug-likeness (QED) is 0.754. The SMILES string of the molecule is Cc1cc(Nc2cnccn2)nc([C@@H]2CCCN(C(=O)c3ccccc3)C2)n1. The predicted molar refractivity (Wildman–Crippen MR) is 106 cm³/mol. The molecule has 1 N–H and O–H groups in total. The van der Waals surface area contributed by atoms with E-state index in [1.807, 2.05) is 48.2 Å². The number of aryl methyl sites for hydroxylation is 1. The van der Waals surface area contributed by atoms with Gasteiger partial charge in [0.15, 0.2) is 0 Å². The first-order valence-electron chi connectivity index (χ1n) is 9.42. The first-order valence-corrected chi connectivity index (χ1v) is 9.42. The molecule has 7 nitrogen and oxygen atoms in total. The highest BCUT2D eigenvalue weighted by Gasteiger charge is 2.27. The van der Waals surface area contributed by atoms with Crippen molar-refractivity contribution in [3.63, 3.8) is 0 Å². The maximum atomic E-state index is 12.8. The van der Waals surface area contributed by atoms with Crippen molar-refractivity contribution in [3.8, 4) is 0 Å². The fourth-order valence-corrected chi connectivity index (χ4v) is 3.47. The van der Waals surface area contributed by atoms with Gasteiger partial charge in [-0.05, 0) is 31.9 Å². The molecular formula is C21H22N6O. The molecule has 0 radical (unpaired) electrons. The Morgan fingerprint density at radius 2 is 2.00 bits per heavy atom. The van der Waals surface area contributed by atoms with Crippen LogP contribution in [0.2, 0.25) is 0 Å². The number of nitrogens with one attached hydrogen (secondary N) is 1. The lowest BCUT2D eigenvalue weighted by molar-refractivity contribution is 0.0704.